The number of hydrogen-bond acceptors (Lipinski definition) is 6. The third kappa shape index (κ3) is 4.88. The summed E-state index contributed by atoms with van der Waals surface area (Å²) in [6.07, 6.45) is 15.1. The predicted octanol–water partition coefficient (Wildman–Crippen LogP) is 4.40. The van der Waals surface area contributed by atoms with Gasteiger partial charge < -0.3 is 14.2 Å². The van der Waals surface area contributed by atoms with Crippen LogP contribution in [0.1, 0.15) is 83.6 Å². The number of guanidine groups is 1. The van der Waals surface area contributed by atoms with Gasteiger partial charge in [0.15, 0.2) is 11.6 Å². The number of nitrogens with zero attached hydrogens (tertiary/aromatic N) is 1. The van der Waals surface area contributed by atoms with Gasteiger partial charge in [-0.05, 0) is 63.9 Å². The SMILES string of the molecule is CC[C@H]1C=CCC[C@@]2(C[C@@H]3CC[C@@H]4C(C(=O)OCCCc5ccccc5)[C@]5(CCC[C@@H](C)O5)NC(=[N+]34)N2)O1. The lowest BCUT2D eigenvalue weighted by atomic mass is 9.80. The van der Waals surface area contributed by atoms with Crippen LogP contribution in [0.2, 0.25) is 0 Å². The topological polar surface area (TPSA) is 71.8 Å². The molecule has 0 bridgehead atoms. The van der Waals surface area contributed by atoms with Crippen LogP contribution in [0.15, 0.2) is 42.5 Å². The molecule has 0 amide bonds. The molecule has 5 aliphatic heterocycles. The zero-order valence-corrected chi connectivity index (χ0v) is 23.0. The largest absolute Gasteiger partial charge is 0.465 e. The Bertz CT molecular complexity index is 1070. The van der Waals surface area contributed by atoms with Crippen molar-refractivity contribution in [3.8, 4) is 0 Å². The third-order valence-corrected chi connectivity index (χ3v) is 9.30. The van der Waals surface area contributed by atoms with Gasteiger partial charge in [0.25, 0.3) is 0 Å². The van der Waals surface area contributed by atoms with E-state index in [1.54, 1.807) is 0 Å². The number of esters is 1. The Morgan fingerprint density at radius 1 is 1.13 bits per heavy atom. The Kier molecular flexibility index (Phi) is 7.25. The third-order valence-electron chi connectivity index (χ3n) is 9.30. The Balaban J connectivity index is 1.24. The van der Waals surface area contributed by atoms with Gasteiger partial charge in [-0.25, -0.2) is 10.6 Å². The second kappa shape index (κ2) is 10.6. The van der Waals surface area contributed by atoms with Crippen molar-refractivity contribution >= 4 is 11.9 Å². The number of nitrogens with one attached hydrogen (secondary N) is 2. The van der Waals surface area contributed by atoms with Crippen molar-refractivity contribution in [3.05, 3.63) is 48.0 Å². The average molecular weight is 523 g/mol. The molecule has 1 unspecified atom stereocenters. The molecule has 1 aromatic rings. The van der Waals surface area contributed by atoms with Crippen LogP contribution in [0, 0.1) is 5.92 Å². The second-order valence-corrected chi connectivity index (χ2v) is 12.0. The van der Waals surface area contributed by atoms with Gasteiger partial charge in [-0.2, -0.15) is 0 Å². The van der Waals surface area contributed by atoms with Gasteiger partial charge in [0.2, 0.25) is 5.72 Å². The highest BCUT2D eigenvalue weighted by Crippen LogP contribution is 2.45. The van der Waals surface area contributed by atoms with Gasteiger partial charge in [-0.15, -0.1) is 0 Å². The molecule has 0 aliphatic carbocycles. The lowest BCUT2D eigenvalue weighted by molar-refractivity contribution is -0.609. The van der Waals surface area contributed by atoms with Gasteiger partial charge >= 0.3 is 11.9 Å². The molecule has 206 valence electrons. The lowest BCUT2D eigenvalue weighted by Crippen LogP contribution is -2.76. The molecule has 0 aromatic heterocycles. The van der Waals surface area contributed by atoms with E-state index in [2.05, 4.69) is 65.5 Å². The van der Waals surface area contributed by atoms with Crippen LogP contribution in [0.4, 0.5) is 0 Å². The summed E-state index contributed by atoms with van der Waals surface area (Å²) in [6.45, 7) is 4.74. The maximum absolute atomic E-state index is 13.8. The van der Waals surface area contributed by atoms with Crippen LogP contribution in [-0.4, -0.2) is 58.9 Å². The fourth-order valence-electron chi connectivity index (χ4n) is 7.58. The molecule has 38 heavy (non-hydrogen) atoms. The first-order chi connectivity index (χ1) is 18.5. The lowest BCUT2D eigenvalue weighted by Gasteiger charge is -2.50. The molecule has 5 aliphatic rings. The van der Waals surface area contributed by atoms with Crippen LogP contribution in [0.5, 0.6) is 0 Å². The van der Waals surface area contributed by atoms with Crippen molar-refractivity contribution in [2.75, 3.05) is 6.61 Å². The molecule has 2 saturated heterocycles. The van der Waals surface area contributed by atoms with E-state index < -0.39 is 11.4 Å². The van der Waals surface area contributed by atoms with Crippen molar-refractivity contribution in [1.82, 2.24) is 10.6 Å². The number of rotatable bonds is 6. The van der Waals surface area contributed by atoms with E-state index in [1.165, 1.54) is 5.56 Å². The predicted molar refractivity (Wildman–Crippen MR) is 146 cm³/mol. The van der Waals surface area contributed by atoms with Crippen LogP contribution >= 0.6 is 0 Å². The normalized spacial score (nSPS) is 37.9. The van der Waals surface area contributed by atoms with Crippen molar-refractivity contribution in [1.29, 1.82) is 0 Å². The summed E-state index contributed by atoms with van der Waals surface area (Å²) in [5.74, 6) is 0.514. The summed E-state index contributed by atoms with van der Waals surface area (Å²) in [7, 11) is 0. The molecule has 0 saturated carbocycles. The van der Waals surface area contributed by atoms with Crippen molar-refractivity contribution in [2.45, 2.75) is 120 Å². The quantitative estimate of drug-likeness (QED) is 0.250. The minimum atomic E-state index is -0.752. The molecule has 2 N–H and O–H groups in total. The van der Waals surface area contributed by atoms with Gasteiger partial charge in [0, 0.05) is 19.3 Å². The highest BCUT2D eigenvalue weighted by Gasteiger charge is 2.64. The van der Waals surface area contributed by atoms with Gasteiger partial charge in [-0.1, -0.05) is 49.4 Å². The molecule has 6 rings (SSSR count). The number of carbonyl (C=O) groups excluding carboxylic acids is 1. The maximum Gasteiger partial charge on any atom is 0.350 e. The van der Waals surface area contributed by atoms with Crippen LogP contribution < -0.4 is 10.6 Å². The minimum Gasteiger partial charge on any atom is -0.465 e. The highest BCUT2D eigenvalue weighted by atomic mass is 16.6. The molecule has 1 aromatic carbocycles. The number of hydrogen-bond donors (Lipinski definition) is 2. The Hall–Kier alpha value is -2.38. The molecule has 2 fully saturated rings. The summed E-state index contributed by atoms with van der Waals surface area (Å²) in [5, 5.41) is 7.61. The van der Waals surface area contributed by atoms with E-state index in [0.717, 1.165) is 76.6 Å². The number of aryl methyl sites for hydroxylation is 1. The summed E-state index contributed by atoms with van der Waals surface area (Å²) < 4.78 is 21.9. The molecule has 0 radical (unpaired) electrons. The molecular weight excluding hydrogens is 478 g/mol. The molecule has 5 heterocycles. The van der Waals surface area contributed by atoms with E-state index in [4.69, 9.17) is 14.2 Å². The standard InChI is InChI=1S/C31H43N3O4/c1-3-25-15-7-8-18-30(38-25)21-24-16-17-26-27(28(35)36-20-10-14-23-12-5-4-6-13-23)31(19-9-11-22(2)37-31)33-29(32-30)34(24)26/h4-7,12-13,15,22,24-27H,3,8-11,14,16-21H2,1-2H3,(H,32,33)/p+1/t22-,24+,25+,26-,27?,30+,31-/m1/s1. The Morgan fingerprint density at radius 3 is 2.82 bits per heavy atom. The van der Waals surface area contributed by atoms with Crippen LogP contribution in [-0.2, 0) is 25.4 Å². The first-order valence-corrected chi connectivity index (χ1v) is 15.0. The van der Waals surface area contributed by atoms with Crippen LogP contribution in [0.25, 0.3) is 0 Å². The van der Waals surface area contributed by atoms with E-state index in [0.29, 0.717) is 12.6 Å². The first kappa shape index (κ1) is 25.9. The number of benzene rings is 1. The Morgan fingerprint density at radius 2 is 2.00 bits per heavy atom. The van der Waals surface area contributed by atoms with E-state index >= 15 is 0 Å². The zero-order chi connectivity index (χ0) is 26.2. The van der Waals surface area contributed by atoms with Crippen LogP contribution in [0.3, 0.4) is 0 Å². The smallest absolute Gasteiger partial charge is 0.350 e. The zero-order valence-electron chi connectivity index (χ0n) is 23.0. The summed E-state index contributed by atoms with van der Waals surface area (Å²) in [6, 6.07) is 10.8. The molecule has 7 atom stereocenters. The molecule has 7 nitrogen and oxygen atoms in total. The number of carbonyl (C=O) groups is 1. The maximum atomic E-state index is 13.8. The van der Waals surface area contributed by atoms with Gasteiger partial charge in [-0.3, -0.25) is 9.37 Å². The Labute approximate surface area is 227 Å². The summed E-state index contributed by atoms with van der Waals surface area (Å²) in [5.41, 5.74) is 0.129. The monoisotopic (exact) mass is 522 g/mol. The molecule has 7 heteroatoms. The summed E-state index contributed by atoms with van der Waals surface area (Å²) in [4.78, 5) is 13.8. The fourth-order valence-corrected chi connectivity index (χ4v) is 7.58. The number of ether oxygens (including phenoxy) is 3. The summed E-state index contributed by atoms with van der Waals surface area (Å²) >= 11 is 0. The fraction of sp³-hybridized carbons (Fsp3) is 0.677. The highest BCUT2D eigenvalue weighted by molar-refractivity contribution is 5.82. The van der Waals surface area contributed by atoms with Gasteiger partial charge in [0.1, 0.15) is 0 Å². The first-order valence-electron chi connectivity index (χ1n) is 15.0. The second-order valence-electron chi connectivity index (χ2n) is 12.0. The molecule has 2 spiro atoms. The van der Waals surface area contributed by atoms with E-state index in [1.807, 2.05) is 6.07 Å². The van der Waals surface area contributed by atoms with E-state index in [-0.39, 0.29) is 30.1 Å². The van der Waals surface area contributed by atoms with Crippen molar-refractivity contribution in [3.63, 3.8) is 0 Å². The number of allylic oxidation sites excluding steroid dienone is 1. The van der Waals surface area contributed by atoms with Crippen molar-refractivity contribution < 1.29 is 23.6 Å². The van der Waals surface area contributed by atoms with Gasteiger partial charge in [0.05, 0.1) is 30.9 Å². The average Bonchev–Trinajstić information content (AvgIpc) is 3.21. The van der Waals surface area contributed by atoms with E-state index in [9.17, 15) is 4.79 Å². The minimum absolute atomic E-state index is 0.0684. The van der Waals surface area contributed by atoms with Crippen molar-refractivity contribution in [2.24, 2.45) is 5.92 Å². The molecular formula is C31H44N3O4+.